The van der Waals surface area contributed by atoms with Gasteiger partial charge in [-0.1, -0.05) is 66.7 Å². The molecule has 0 spiro atoms. The van der Waals surface area contributed by atoms with Crippen LogP contribution in [0.3, 0.4) is 0 Å². The number of fused-ring (bicyclic) bond motifs is 1. The van der Waals surface area contributed by atoms with Gasteiger partial charge in [0.15, 0.2) is 0 Å². The summed E-state index contributed by atoms with van der Waals surface area (Å²) in [6.07, 6.45) is 1.89. The first-order chi connectivity index (χ1) is 16.5. The number of aryl methyl sites for hydroxylation is 1. The van der Waals surface area contributed by atoms with Crippen molar-refractivity contribution in [2.24, 2.45) is 11.3 Å². The van der Waals surface area contributed by atoms with Crippen LogP contribution in [-0.2, 0) is 16.8 Å². The van der Waals surface area contributed by atoms with Gasteiger partial charge in [0.25, 0.3) is 0 Å². The fourth-order valence-corrected chi connectivity index (χ4v) is 7.67. The molecule has 3 aromatic rings. The van der Waals surface area contributed by atoms with Crippen molar-refractivity contribution in [2.75, 3.05) is 20.2 Å². The third-order valence-corrected chi connectivity index (χ3v) is 8.97. The van der Waals surface area contributed by atoms with Crippen molar-refractivity contribution in [1.82, 2.24) is 4.90 Å². The van der Waals surface area contributed by atoms with Gasteiger partial charge in [-0.3, -0.25) is 9.69 Å². The van der Waals surface area contributed by atoms with Gasteiger partial charge < -0.3 is 9.84 Å². The van der Waals surface area contributed by atoms with Crippen LogP contribution in [0.5, 0.6) is 5.75 Å². The summed E-state index contributed by atoms with van der Waals surface area (Å²) in [4.78, 5) is 15.6. The summed E-state index contributed by atoms with van der Waals surface area (Å²) in [7, 11) is 1.70. The molecule has 4 aliphatic rings. The Morgan fingerprint density at radius 1 is 1.09 bits per heavy atom. The van der Waals surface area contributed by atoms with Crippen molar-refractivity contribution >= 4 is 5.97 Å². The largest absolute Gasteiger partial charge is 0.496 e. The quantitative estimate of drug-likeness (QED) is 0.563. The summed E-state index contributed by atoms with van der Waals surface area (Å²) in [5.74, 6) is 0.303. The Bertz CT molecular complexity index is 1250. The van der Waals surface area contributed by atoms with Crippen LogP contribution in [0.1, 0.15) is 46.6 Å². The van der Waals surface area contributed by atoms with Crippen LogP contribution in [0.25, 0.3) is 0 Å². The highest BCUT2D eigenvalue weighted by Gasteiger charge is 2.70. The van der Waals surface area contributed by atoms with Crippen molar-refractivity contribution in [3.05, 3.63) is 101 Å². The lowest BCUT2D eigenvalue weighted by atomic mass is 9.42. The molecule has 4 unspecified atom stereocenters. The molecule has 2 bridgehead atoms. The molecule has 1 aliphatic heterocycles. The number of hydrogen-bond donors (Lipinski definition) is 1. The molecule has 0 aromatic heterocycles. The van der Waals surface area contributed by atoms with Crippen molar-refractivity contribution in [3.63, 3.8) is 0 Å². The number of carbonyl (C=O) groups is 1. The van der Waals surface area contributed by atoms with Crippen molar-refractivity contribution in [3.8, 4) is 5.75 Å². The summed E-state index contributed by atoms with van der Waals surface area (Å²) in [5.41, 5.74) is 5.04. The highest BCUT2D eigenvalue weighted by molar-refractivity contribution is 5.80. The minimum atomic E-state index is -0.783. The molecule has 4 nitrogen and oxygen atoms in total. The van der Waals surface area contributed by atoms with E-state index in [0.717, 1.165) is 37.2 Å². The topological polar surface area (TPSA) is 49.8 Å². The minimum Gasteiger partial charge on any atom is -0.496 e. The van der Waals surface area contributed by atoms with Gasteiger partial charge in [0, 0.05) is 36.9 Å². The van der Waals surface area contributed by atoms with Gasteiger partial charge in [0.05, 0.1) is 12.5 Å². The lowest BCUT2D eigenvalue weighted by molar-refractivity contribution is -0.157. The van der Waals surface area contributed by atoms with Crippen LogP contribution in [0.2, 0.25) is 0 Å². The molecular weight excluding hydrogens is 422 g/mol. The summed E-state index contributed by atoms with van der Waals surface area (Å²) < 4.78 is 5.56. The number of benzene rings is 3. The Kier molecular flexibility index (Phi) is 4.86. The minimum absolute atomic E-state index is 0.0163. The Morgan fingerprint density at radius 3 is 2.59 bits per heavy atom. The number of aliphatic carboxylic acids is 1. The molecule has 4 heteroatoms. The second kappa shape index (κ2) is 7.71. The number of methoxy groups -OCH3 is 1. The number of likely N-dealkylation sites (tertiary alicyclic amines) is 1. The fraction of sp³-hybridized carbons (Fsp3) is 0.367. The first kappa shape index (κ1) is 21.4. The Balaban J connectivity index is 1.54. The van der Waals surface area contributed by atoms with Crippen LogP contribution < -0.4 is 4.74 Å². The molecule has 174 valence electrons. The van der Waals surface area contributed by atoms with Crippen LogP contribution in [0, 0.1) is 18.3 Å². The molecule has 1 saturated heterocycles. The third kappa shape index (κ3) is 2.78. The predicted molar refractivity (Wildman–Crippen MR) is 132 cm³/mol. The number of ether oxygens (including phenoxy) is 1. The highest BCUT2D eigenvalue weighted by Crippen LogP contribution is 2.69. The molecule has 3 aliphatic carbocycles. The first-order valence-corrected chi connectivity index (χ1v) is 12.2. The maximum absolute atomic E-state index is 13.2. The zero-order chi connectivity index (χ0) is 23.5. The van der Waals surface area contributed by atoms with Gasteiger partial charge in [-0.15, -0.1) is 0 Å². The second-order valence-electron chi connectivity index (χ2n) is 10.4. The maximum Gasteiger partial charge on any atom is 0.311 e. The first-order valence-electron chi connectivity index (χ1n) is 12.2. The Hall–Kier alpha value is -3.11. The molecule has 34 heavy (non-hydrogen) atoms. The van der Waals surface area contributed by atoms with Crippen LogP contribution in [-0.4, -0.2) is 36.2 Å². The van der Waals surface area contributed by atoms with E-state index in [1.807, 2.05) is 6.07 Å². The average Bonchev–Trinajstić information content (AvgIpc) is 3.27. The molecule has 7 rings (SSSR count). The normalized spacial score (nSPS) is 29.5. The molecule has 2 fully saturated rings. The van der Waals surface area contributed by atoms with Gasteiger partial charge in [-0.25, -0.2) is 0 Å². The van der Waals surface area contributed by atoms with Crippen LogP contribution in [0.15, 0.2) is 72.8 Å². The number of carboxylic acids is 1. The lowest BCUT2D eigenvalue weighted by Gasteiger charge is -2.59. The summed E-state index contributed by atoms with van der Waals surface area (Å²) in [5, 5.41) is 10.9. The van der Waals surface area contributed by atoms with Crippen molar-refractivity contribution in [1.29, 1.82) is 0 Å². The Labute approximate surface area is 201 Å². The maximum atomic E-state index is 13.2. The number of rotatable bonds is 5. The highest BCUT2D eigenvalue weighted by atomic mass is 16.5. The second-order valence-corrected chi connectivity index (χ2v) is 10.4. The van der Waals surface area contributed by atoms with E-state index < -0.39 is 11.4 Å². The zero-order valence-corrected chi connectivity index (χ0v) is 19.8. The van der Waals surface area contributed by atoms with E-state index in [1.54, 1.807) is 7.11 Å². The summed E-state index contributed by atoms with van der Waals surface area (Å²) in [6.45, 7) is 4.25. The SMILES string of the molecule is COc1ccc(C23CCC(c4ccccc42)C2(C(=O)O)CN(Cc4ccccc4)CC32)cc1C. The van der Waals surface area contributed by atoms with Gasteiger partial charge >= 0.3 is 5.97 Å². The Morgan fingerprint density at radius 2 is 1.85 bits per heavy atom. The molecule has 1 heterocycles. The van der Waals surface area contributed by atoms with Gasteiger partial charge in [-0.2, -0.15) is 0 Å². The van der Waals surface area contributed by atoms with Crippen molar-refractivity contribution in [2.45, 2.75) is 37.6 Å². The fourth-order valence-electron chi connectivity index (χ4n) is 7.67. The van der Waals surface area contributed by atoms with Crippen molar-refractivity contribution < 1.29 is 14.6 Å². The molecule has 0 amide bonds. The number of carboxylic acid groups (broad SMARTS) is 1. The van der Waals surface area contributed by atoms with Gasteiger partial charge in [-0.05, 0) is 53.6 Å². The van der Waals surface area contributed by atoms with Crippen LogP contribution >= 0.6 is 0 Å². The van der Waals surface area contributed by atoms with E-state index in [-0.39, 0.29) is 17.3 Å². The van der Waals surface area contributed by atoms with Crippen LogP contribution in [0.4, 0.5) is 0 Å². The molecule has 1 saturated carbocycles. The smallest absolute Gasteiger partial charge is 0.311 e. The van der Waals surface area contributed by atoms with E-state index in [2.05, 4.69) is 78.6 Å². The van der Waals surface area contributed by atoms with E-state index >= 15 is 0 Å². The molecule has 0 radical (unpaired) electrons. The number of hydrogen-bond acceptors (Lipinski definition) is 3. The number of nitrogens with zero attached hydrogens (tertiary/aromatic N) is 1. The predicted octanol–water partition coefficient (Wildman–Crippen LogP) is 5.38. The van der Waals surface area contributed by atoms with E-state index in [0.29, 0.717) is 6.54 Å². The van der Waals surface area contributed by atoms with Gasteiger partial charge in [0.2, 0.25) is 0 Å². The monoisotopic (exact) mass is 453 g/mol. The molecule has 1 N–H and O–H groups in total. The zero-order valence-electron chi connectivity index (χ0n) is 19.8. The average molecular weight is 454 g/mol. The summed E-state index contributed by atoms with van der Waals surface area (Å²) >= 11 is 0. The van der Waals surface area contributed by atoms with Gasteiger partial charge in [0.1, 0.15) is 5.75 Å². The lowest BCUT2D eigenvalue weighted by Crippen LogP contribution is -2.60. The standard InChI is InChI=1S/C30H31NO3/c1-20-16-22(12-13-26(20)34-2)29-15-14-25(23-10-6-7-11-24(23)29)30(28(32)33)19-31(18-27(29)30)17-21-8-4-3-5-9-21/h3-13,16,25,27H,14-15,17-19H2,1-2H3,(H,32,33). The molecule has 4 atom stereocenters. The van der Waals surface area contributed by atoms with E-state index in [9.17, 15) is 9.90 Å². The third-order valence-electron chi connectivity index (χ3n) is 8.97. The van der Waals surface area contributed by atoms with E-state index in [1.165, 1.54) is 22.3 Å². The molecule has 3 aromatic carbocycles. The summed E-state index contributed by atoms with van der Waals surface area (Å²) in [6, 6.07) is 25.6. The van der Waals surface area contributed by atoms with E-state index in [4.69, 9.17) is 4.74 Å². The molecular formula is C30H31NO3.